The fourth-order valence-corrected chi connectivity index (χ4v) is 4.75. The van der Waals surface area contributed by atoms with Crippen LogP contribution in [0.4, 0.5) is 0 Å². The molecule has 8 heteroatoms. The van der Waals surface area contributed by atoms with Crippen LogP contribution in [0.25, 0.3) is 11.5 Å². The summed E-state index contributed by atoms with van der Waals surface area (Å²) in [5, 5.41) is 8.03. The normalized spacial score (nSPS) is 23.3. The molecule has 7 nitrogen and oxygen atoms in total. The van der Waals surface area contributed by atoms with Gasteiger partial charge in [-0.2, -0.15) is 4.31 Å². The molecule has 1 unspecified atom stereocenters. The summed E-state index contributed by atoms with van der Waals surface area (Å²) >= 11 is 0. The summed E-state index contributed by atoms with van der Waals surface area (Å²) < 4.78 is 37.9. The minimum atomic E-state index is -3.61. The van der Waals surface area contributed by atoms with Crippen molar-refractivity contribution in [1.82, 2.24) is 14.5 Å². The SMILES string of the molecule is CC1CCCN(S(=O)(=O)c2cc(-c3nnc(C4CCC4)o3)co2)C1. The number of hydrogen-bond donors (Lipinski definition) is 0. The van der Waals surface area contributed by atoms with Gasteiger partial charge >= 0.3 is 0 Å². The van der Waals surface area contributed by atoms with Gasteiger partial charge in [0, 0.05) is 25.1 Å². The highest BCUT2D eigenvalue weighted by Gasteiger charge is 2.32. The van der Waals surface area contributed by atoms with E-state index >= 15 is 0 Å². The van der Waals surface area contributed by atoms with Crippen molar-refractivity contribution in [3.63, 3.8) is 0 Å². The van der Waals surface area contributed by atoms with E-state index in [2.05, 4.69) is 17.1 Å². The Morgan fingerprint density at radius 2 is 2.04 bits per heavy atom. The molecule has 2 aliphatic rings. The second-order valence-electron chi connectivity index (χ2n) is 6.84. The monoisotopic (exact) mass is 351 g/mol. The van der Waals surface area contributed by atoms with E-state index in [9.17, 15) is 8.42 Å². The average molecular weight is 351 g/mol. The molecular formula is C16H21N3O4S. The maximum absolute atomic E-state index is 12.7. The number of aromatic nitrogens is 2. The minimum absolute atomic E-state index is 0.0602. The van der Waals surface area contributed by atoms with Crippen molar-refractivity contribution in [2.75, 3.05) is 13.1 Å². The molecule has 130 valence electrons. The van der Waals surface area contributed by atoms with Gasteiger partial charge in [0.2, 0.25) is 11.0 Å². The first-order chi connectivity index (χ1) is 11.5. The summed E-state index contributed by atoms with van der Waals surface area (Å²) in [6.07, 6.45) is 6.63. The Hall–Kier alpha value is -1.67. The van der Waals surface area contributed by atoms with Gasteiger partial charge in [-0.15, -0.1) is 10.2 Å². The number of sulfonamides is 1. The molecule has 1 aliphatic heterocycles. The zero-order chi connectivity index (χ0) is 16.7. The van der Waals surface area contributed by atoms with E-state index < -0.39 is 10.0 Å². The van der Waals surface area contributed by atoms with Crippen LogP contribution in [0.15, 0.2) is 26.3 Å². The Balaban J connectivity index is 1.56. The van der Waals surface area contributed by atoms with E-state index in [0.717, 1.165) is 25.7 Å². The fourth-order valence-electron chi connectivity index (χ4n) is 3.23. The van der Waals surface area contributed by atoms with E-state index in [1.165, 1.54) is 23.1 Å². The summed E-state index contributed by atoms with van der Waals surface area (Å²) in [4.78, 5) is 0. The van der Waals surface area contributed by atoms with Gasteiger partial charge in [-0.05, 0) is 31.6 Å². The maximum atomic E-state index is 12.7. The van der Waals surface area contributed by atoms with Gasteiger partial charge in [0.05, 0.1) is 5.56 Å². The molecule has 2 fully saturated rings. The maximum Gasteiger partial charge on any atom is 0.276 e. The zero-order valence-electron chi connectivity index (χ0n) is 13.6. The predicted molar refractivity (Wildman–Crippen MR) is 85.7 cm³/mol. The third-order valence-corrected chi connectivity index (χ3v) is 6.67. The first-order valence-corrected chi connectivity index (χ1v) is 9.90. The number of furan rings is 1. The highest BCUT2D eigenvalue weighted by atomic mass is 32.2. The second kappa shape index (κ2) is 6.00. The molecule has 2 aromatic heterocycles. The molecule has 1 saturated carbocycles. The van der Waals surface area contributed by atoms with Crippen molar-refractivity contribution < 1.29 is 17.3 Å². The van der Waals surface area contributed by atoms with E-state index in [4.69, 9.17) is 8.83 Å². The van der Waals surface area contributed by atoms with Crippen molar-refractivity contribution in [2.24, 2.45) is 5.92 Å². The Morgan fingerprint density at radius 1 is 1.21 bits per heavy atom. The van der Waals surface area contributed by atoms with Crippen molar-refractivity contribution in [3.05, 3.63) is 18.2 Å². The molecule has 1 aliphatic carbocycles. The quantitative estimate of drug-likeness (QED) is 0.841. The predicted octanol–water partition coefficient (Wildman–Crippen LogP) is 3.02. The molecule has 0 aromatic carbocycles. The van der Waals surface area contributed by atoms with Gasteiger partial charge in [-0.25, -0.2) is 8.42 Å². The molecule has 4 rings (SSSR count). The third kappa shape index (κ3) is 2.77. The van der Waals surface area contributed by atoms with Crippen molar-refractivity contribution in [3.8, 4) is 11.5 Å². The summed E-state index contributed by atoms with van der Waals surface area (Å²) in [7, 11) is -3.61. The largest absolute Gasteiger partial charge is 0.451 e. The highest BCUT2D eigenvalue weighted by molar-refractivity contribution is 7.89. The lowest BCUT2D eigenvalue weighted by atomic mass is 9.85. The van der Waals surface area contributed by atoms with Crippen LogP contribution in [0, 0.1) is 5.92 Å². The highest BCUT2D eigenvalue weighted by Crippen LogP contribution is 2.37. The lowest BCUT2D eigenvalue weighted by molar-refractivity contribution is 0.274. The Morgan fingerprint density at radius 3 is 2.75 bits per heavy atom. The zero-order valence-corrected chi connectivity index (χ0v) is 14.5. The molecule has 24 heavy (non-hydrogen) atoms. The third-order valence-electron chi connectivity index (χ3n) is 4.93. The van der Waals surface area contributed by atoms with Gasteiger partial charge in [0.1, 0.15) is 6.26 Å². The van der Waals surface area contributed by atoms with Crippen LogP contribution in [0.1, 0.15) is 50.8 Å². The second-order valence-corrected chi connectivity index (χ2v) is 8.71. The van der Waals surface area contributed by atoms with E-state index in [-0.39, 0.29) is 5.09 Å². The molecule has 0 N–H and O–H groups in total. The van der Waals surface area contributed by atoms with Crippen molar-refractivity contribution >= 4 is 10.0 Å². The van der Waals surface area contributed by atoms with Crippen LogP contribution in [-0.2, 0) is 10.0 Å². The average Bonchev–Trinajstić information content (AvgIpc) is 3.14. The molecule has 1 atom stereocenters. The van der Waals surface area contributed by atoms with Crippen molar-refractivity contribution in [1.29, 1.82) is 0 Å². The number of piperidine rings is 1. The van der Waals surface area contributed by atoms with Crippen LogP contribution in [0.5, 0.6) is 0 Å². The molecule has 0 radical (unpaired) electrons. The fraction of sp³-hybridized carbons (Fsp3) is 0.625. The molecule has 0 spiro atoms. The van der Waals surface area contributed by atoms with Gasteiger partial charge in [-0.1, -0.05) is 13.3 Å². The van der Waals surface area contributed by atoms with E-state index in [1.807, 2.05) is 0 Å². The molecule has 0 amide bonds. The molecule has 3 heterocycles. The Bertz CT molecular complexity index is 822. The number of nitrogens with zero attached hydrogens (tertiary/aromatic N) is 3. The molecule has 2 aromatic rings. The van der Waals surface area contributed by atoms with E-state index in [0.29, 0.717) is 42.3 Å². The summed E-state index contributed by atoms with van der Waals surface area (Å²) in [6, 6.07) is 1.48. The van der Waals surface area contributed by atoms with Crippen LogP contribution in [-0.4, -0.2) is 36.0 Å². The summed E-state index contributed by atoms with van der Waals surface area (Å²) in [5.74, 6) is 1.65. The molecule has 0 bridgehead atoms. The Kier molecular flexibility index (Phi) is 3.96. The van der Waals surface area contributed by atoms with Crippen LogP contribution in [0.3, 0.4) is 0 Å². The number of hydrogen-bond acceptors (Lipinski definition) is 6. The standard InChI is InChI=1S/C16H21N3O4S/c1-11-4-3-7-19(9-11)24(20,21)14-8-13(10-22-14)16-18-17-15(23-16)12-5-2-6-12/h8,10-12H,2-7,9H2,1H3. The van der Waals surface area contributed by atoms with Crippen LogP contribution >= 0.6 is 0 Å². The van der Waals surface area contributed by atoms with Gasteiger partial charge in [0.25, 0.3) is 15.9 Å². The lowest BCUT2D eigenvalue weighted by Crippen LogP contribution is -2.38. The van der Waals surface area contributed by atoms with Gasteiger partial charge in [0.15, 0.2) is 0 Å². The molecule has 1 saturated heterocycles. The minimum Gasteiger partial charge on any atom is -0.451 e. The Labute approximate surface area is 141 Å². The topological polar surface area (TPSA) is 89.4 Å². The van der Waals surface area contributed by atoms with Crippen molar-refractivity contribution in [2.45, 2.75) is 50.0 Å². The van der Waals surface area contributed by atoms with Crippen LogP contribution < -0.4 is 0 Å². The smallest absolute Gasteiger partial charge is 0.276 e. The van der Waals surface area contributed by atoms with E-state index in [1.54, 1.807) is 0 Å². The summed E-state index contributed by atoms with van der Waals surface area (Å²) in [5.41, 5.74) is 0.511. The van der Waals surface area contributed by atoms with Crippen LogP contribution in [0.2, 0.25) is 0 Å². The first-order valence-electron chi connectivity index (χ1n) is 8.46. The summed E-state index contributed by atoms with van der Waals surface area (Å²) in [6.45, 7) is 3.13. The first kappa shape index (κ1) is 15.8. The number of rotatable bonds is 4. The van der Waals surface area contributed by atoms with Gasteiger partial charge in [-0.3, -0.25) is 0 Å². The lowest BCUT2D eigenvalue weighted by Gasteiger charge is -2.28. The molecular weight excluding hydrogens is 330 g/mol. The van der Waals surface area contributed by atoms with Gasteiger partial charge < -0.3 is 8.83 Å².